The fourth-order valence-corrected chi connectivity index (χ4v) is 2.56. The normalized spacial score (nSPS) is 19.5. The second-order valence-electron chi connectivity index (χ2n) is 5.59. The van der Waals surface area contributed by atoms with Crippen molar-refractivity contribution in [3.63, 3.8) is 0 Å². The minimum absolute atomic E-state index is 0.272. The summed E-state index contributed by atoms with van der Waals surface area (Å²) in [6, 6.07) is 4.36. The Hall–Kier alpha value is -1.62. The van der Waals surface area contributed by atoms with Crippen LogP contribution in [0.5, 0.6) is 5.75 Å². The van der Waals surface area contributed by atoms with Gasteiger partial charge in [-0.3, -0.25) is 4.79 Å². The van der Waals surface area contributed by atoms with Crippen molar-refractivity contribution in [2.75, 3.05) is 19.6 Å². The lowest BCUT2D eigenvalue weighted by atomic mass is 10.1. The molecule has 0 aliphatic carbocycles. The van der Waals surface area contributed by atoms with Gasteiger partial charge in [0.25, 0.3) is 5.91 Å². The first-order valence-electron chi connectivity index (χ1n) is 6.98. The average Bonchev–Trinajstić information content (AvgIpc) is 2.85. The molecule has 1 fully saturated rings. The number of likely N-dealkylation sites (tertiary alicyclic amines) is 1. The maximum absolute atomic E-state index is 13.5. The standard InChI is InChI=1S/C15H21FN2O2/c1-10(2)18-7-6-11(9-18)8-17-15(20)14-12(16)4-3-5-13(14)19/h3-5,10-11,19H,6-9H2,1-2H3,(H,17,20). The molecule has 2 N–H and O–H groups in total. The third-order valence-electron chi connectivity index (χ3n) is 3.82. The van der Waals surface area contributed by atoms with Crippen molar-refractivity contribution in [1.82, 2.24) is 10.2 Å². The first-order valence-corrected chi connectivity index (χ1v) is 6.98. The van der Waals surface area contributed by atoms with E-state index in [9.17, 15) is 14.3 Å². The minimum atomic E-state index is -0.697. The van der Waals surface area contributed by atoms with Crippen LogP contribution in [0.25, 0.3) is 0 Å². The number of nitrogens with one attached hydrogen (secondary N) is 1. The summed E-state index contributed by atoms with van der Waals surface area (Å²) in [5.74, 6) is -1.19. The molecule has 20 heavy (non-hydrogen) atoms. The summed E-state index contributed by atoms with van der Waals surface area (Å²) in [6.45, 7) is 6.79. The number of hydrogen-bond donors (Lipinski definition) is 2. The van der Waals surface area contributed by atoms with Crippen molar-refractivity contribution in [3.05, 3.63) is 29.6 Å². The zero-order chi connectivity index (χ0) is 14.7. The quantitative estimate of drug-likeness (QED) is 0.887. The Morgan fingerprint density at radius 1 is 1.55 bits per heavy atom. The van der Waals surface area contributed by atoms with E-state index in [2.05, 4.69) is 24.1 Å². The van der Waals surface area contributed by atoms with E-state index in [0.29, 0.717) is 18.5 Å². The number of rotatable bonds is 4. The molecular weight excluding hydrogens is 259 g/mol. The predicted molar refractivity (Wildman–Crippen MR) is 75.2 cm³/mol. The van der Waals surface area contributed by atoms with Gasteiger partial charge in [0, 0.05) is 19.1 Å². The SMILES string of the molecule is CC(C)N1CCC(CNC(=O)c2c(O)cccc2F)C1. The van der Waals surface area contributed by atoms with E-state index in [-0.39, 0.29) is 11.3 Å². The summed E-state index contributed by atoms with van der Waals surface area (Å²) in [5, 5.41) is 12.3. The average molecular weight is 280 g/mol. The van der Waals surface area contributed by atoms with Crippen molar-refractivity contribution in [1.29, 1.82) is 0 Å². The summed E-state index contributed by atoms with van der Waals surface area (Å²) in [7, 11) is 0. The molecule has 0 bridgehead atoms. The first-order chi connectivity index (χ1) is 9.49. The molecule has 1 saturated heterocycles. The molecule has 1 aliphatic rings. The van der Waals surface area contributed by atoms with Gasteiger partial charge in [0.1, 0.15) is 17.1 Å². The molecule has 0 spiro atoms. The van der Waals surface area contributed by atoms with Crippen LogP contribution in [0.1, 0.15) is 30.6 Å². The number of hydrogen-bond acceptors (Lipinski definition) is 3. The number of phenolic OH excluding ortho intramolecular Hbond substituents is 1. The van der Waals surface area contributed by atoms with Gasteiger partial charge in [-0.15, -0.1) is 0 Å². The Kier molecular flexibility index (Phi) is 4.60. The Morgan fingerprint density at radius 2 is 2.30 bits per heavy atom. The number of aromatic hydroxyl groups is 1. The Morgan fingerprint density at radius 3 is 2.90 bits per heavy atom. The predicted octanol–water partition coefficient (Wildman–Crippen LogP) is 1.99. The highest BCUT2D eigenvalue weighted by molar-refractivity contribution is 5.97. The molecule has 1 amide bonds. The molecule has 4 nitrogen and oxygen atoms in total. The lowest BCUT2D eigenvalue weighted by Gasteiger charge is -2.20. The number of halogens is 1. The molecule has 1 atom stereocenters. The zero-order valence-electron chi connectivity index (χ0n) is 11.9. The molecule has 110 valence electrons. The van der Waals surface area contributed by atoms with Crippen LogP contribution >= 0.6 is 0 Å². The number of benzene rings is 1. The highest BCUT2D eigenvalue weighted by Gasteiger charge is 2.25. The summed E-state index contributed by atoms with van der Waals surface area (Å²) in [6.07, 6.45) is 1.03. The second kappa shape index (κ2) is 6.22. The summed E-state index contributed by atoms with van der Waals surface area (Å²) >= 11 is 0. The van der Waals surface area contributed by atoms with E-state index in [0.717, 1.165) is 19.5 Å². The molecule has 1 heterocycles. The fraction of sp³-hybridized carbons (Fsp3) is 0.533. The molecule has 1 unspecified atom stereocenters. The van der Waals surface area contributed by atoms with Crippen LogP contribution in [0, 0.1) is 11.7 Å². The van der Waals surface area contributed by atoms with Gasteiger partial charge < -0.3 is 15.3 Å². The molecule has 0 aromatic heterocycles. The van der Waals surface area contributed by atoms with Gasteiger partial charge >= 0.3 is 0 Å². The number of carbonyl (C=O) groups is 1. The van der Waals surface area contributed by atoms with E-state index in [1.54, 1.807) is 0 Å². The van der Waals surface area contributed by atoms with E-state index in [1.807, 2.05) is 0 Å². The third-order valence-corrected chi connectivity index (χ3v) is 3.82. The van der Waals surface area contributed by atoms with Gasteiger partial charge in [0.05, 0.1) is 0 Å². The Balaban J connectivity index is 1.90. The van der Waals surface area contributed by atoms with Crippen LogP contribution in [0.15, 0.2) is 18.2 Å². The lowest BCUT2D eigenvalue weighted by Crippen LogP contribution is -2.33. The number of carbonyl (C=O) groups excluding carboxylic acids is 1. The molecule has 0 saturated carbocycles. The van der Waals surface area contributed by atoms with E-state index < -0.39 is 11.7 Å². The largest absolute Gasteiger partial charge is 0.507 e. The van der Waals surface area contributed by atoms with Gasteiger partial charge in [-0.05, 0) is 44.9 Å². The second-order valence-corrected chi connectivity index (χ2v) is 5.59. The minimum Gasteiger partial charge on any atom is -0.507 e. The van der Waals surface area contributed by atoms with Crippen molar-refractivity contribution >= 4 is 5.91 Å². The summed E-state index contributed by atoms with van der Waals surface area (Å²) in [4.78, 5) is 14.3. The zero-order valence-corrected chi connectivity index (χ0v) is 11.9. The van der Waals surface area contributed by atoms with Crippen LogP contribution in [0.2, 0.25) is 0 Å². The van der Waals surface area contributed by atoms with Crippen LogP contribution in [-0.2, 0) is 0 Å². The topological polar surface area (TPSA) is 52.6 Å². The number of amides is 1. The Labute approximate surface area is 118 Å². The van der Waals surface area contributed by atoms with Crippen LogP contribution in [0.3, 0.4) is 0 Å². The molecular formula is C15H21FN2O2. The smallest absolute Gasteiger partial charge is 0.258 e. The fourth-order valence-electron chi connectivity index (χ4n) is 2.56. The maximum atomic E-state index is 13.5. The van der Waals surface area contributed by atoms with E-state index in [1.165, 1.54) is 18.2 Å². The number of phenols is 1. The third kappa shape index (κ3) is 3.28. The summed E-state index contributed by atoms with van der Waals surface area (Å²) in [5.41, 5.74) is -0.272. The highest BCUT2D eigenvalue weighted by Crippen LogP contribution is 2.21. The van der Waals surface area contributed by atoms with Crippen molar-refractivity contribution in [2.45, 2.75) is 26.3 Å². The highest BCUT2D eigenvalue weighted by atomic mass is 19.1. The van der Waals surface area contributed by atoms with E-state index >= 15 is 0 Å². The van der Waals surface area contributed by atoms with Crippen molar-refractivity contribution < 1.29 is 14.3 Å². The van der Waals surface area contributed by atoms with Crippen LogP contribution < -0.4 is 5.32 Å². The lowest BCUT2D eigenvalue weighted by molar-refractivity contribution is 0.0940. The van der Waals surface area contributed by atoms with Crippen LogP contribution in [0.4, 0.5) is 4.39 Å². The van der Waals surface area contributed by atoms with Gasteiger partial charge in [0.2, 0.25) is 0 Å². The molecule has 2 rings (SSSR count). The van der Waals surface area contributed by atoms with Crippen molar-refractivity contribution in [2.24, 2.45) is 5.92 Å². The van der Waals surface area contributed by atoms with E-state index in [4.69, 9.17) is 0 Å². The molecule has 0 radical (unpaired) electrons. The van der Waals surface area contributed by atoms with Gasteiger partial charge in [-0.2, -0.15) is 0 Å². The maximum Gasteiger partial charge on any atom is 0.258 e. The monoisotopic (exact) mass is 280 g/mol. The molecule has 1 aromatic carbocycles. The van der Waals surface area contributed by atoms with Gasteiger partial charge in [0.15, 0.2) is 0 Å². The molecule has 1 aromatic rings. The van der Waals surface area contributed by atoms with Crippen LogP contribution in [-0.4, -0.2) is 41.6 Å². The summed E-state index contributed by atoms with van der Waals surface area (Å²) < 4.78 is 13.5. The molecule has 5 heteroatoms. The van der Waals surface area contributed by atoms with Gasteiger partial charge in [-0.1, -0.05) is 6.07 Å². The van der Waals surface area contributed by atoms with Gasteiger partial charge in [-0.25, -0.2) is 4.39 Å². The molecule has 1 aliphatic heterocycles. The van der Waals surface area contributed by atoms with Crippen molar-refractivity contribution in [3.8, 4) is 5.75 Å². The number of nitrogens with zero attached hydrogens (tertiary/aromatic N) is 1. The Bertz CT molecular complexity index is 471. The first kappa shape index (κ1) is 14.8.